The minimum Gasteiger partial charge on any atom is -0.475 e. The predicted octanol–water partition coefficient (Wildman–Crippen LogP) is 2.57. The van der Waals surface area contributed by atoms with Gasteiger partial charge < -0.3 is 19.6 Å². The van der Waals surface area contributed by atoms with E-state index in [1.165, 1.54) is 5.56 Å². The van der Waals surface area contributed by atoms with Gasteiger partial charge in [-0.05, 0) is 38.9 Å². The number of nitrogens with zero attached hydrogens (tertiary/aromatic N) is 2. The van der Waals surface area contributed by atoms with Gasteiger partial charge in [0.05, 0.1) is 18.2 Å². The molecule has 2 heterocycles. The molecule has 6 nitrogen and oxygen atoms in total. The monoisotopic (exact) mass is 416 g/mol. The molecular weight excluding hydrogens is 389 g/mol. The van der Waals surface area contributed by atoms with E-state index in [4.69, 9.17) is 14.6 Å². The van der Waals surface area contributed by atoms with Crippen molar-refractivity contribution in [3.8, 4) is 0 Å². The number of carboxylic acid groups (broad SMARTS) is 1. The Kier molecular flexibility index (Phi) is 8.04. The van der Waals surface area contributed by atoms with Crippen LogP contribution in [0.1, 0.15) is 24.8 Å². The van der Waals surface area contributed by atoms with Crippen LogP contribution in [-0.4, -0.2) is 78.4 Å². The zero-order chi connectivity index (χ0) is 21.6. The Morgan fingerprint density at radius 1 is 1.24 bits per heavy atom. The van der Waals surface area contributed by atoms with E-state index in [-0.39, 0.29) is 18.1 Å². The molecule has 0 saturated carbocycles. The number of aryl methyl sites for hydroxylation is 1. The summed E-state index contributed by atoms with van der Waals surface area (Å²) in [5, 5.41) is 7.12. The predicted molar refractivity (Wildman–Crippen MR) is 100 cm³/mol. The molecule has 1 aromatic carbocycles. The fourth-order valence-corrected chi connectivity index (χ4v) is 3.71. The average molecular weight is 416 g/mol. The number of likely N-dealkylation sites (N-methyl/N-ethyl adjacent to an activating group) is 1. The van der Waals surface area contributed by atoms with Crippen molar-refractivity contribution in [3.63, 3.8) is 0 Å². The minimum absolute atomic E-state index is 0.185. The number of rotatable bonds is 4. The number of amides is 1. The van der Waals surface area contributed by atoms with Crippen molar-refractivity contribution >= 4 is 11.9 Å². The molecule has 0 aromatic heterocycles. The highest BCUT2D eigenvalue weighted by Gasteiger charge is 2.46. The second kappa shape index (κ2) is 10.1. The first-order valence-electron chi connectivity index (χ1n) is 9.52. The van der Waals surface area contributed by atoms with Crippen LogP contribution < -0.4 is 0 Å². The van der Waals surface area contributed by atoms with Gasteiger partial charge in [-0.3, -0.25) is 4.79 Å². The molecule has 3 rings (SSSR count). The Morgan fingerprint density at radius 2 is 1.86 bits per heavy atom. The summed E-state index contributed by atoms with van der Waals surface area (Å²) >= 11 is 0. The van der Waals surface area contributed by atoms with Gasteiger partial charge in [0.15, 0.2) is 0 Å². The van der Waals surface area contributed by atoms with E-state index in [1.807, 2.05) is 18.2 Å². The van der Waals surface area contributed by atoms with Crippen LogP contribution in [0.5, 0.6) is 0 Å². The van der Waals surface area contributed by atoms with Crippen molar-refractivity contribution in [3.05, 3.63) is 35.9 Å². The number of carboxylic acids is 1. The van der Waals surface area contributed by atoms with E-state index in [1.54, 1.807) is 0 Å². The average Bonchev–Trinajstić information content (AvgIpc) is 3.07. The number of hydrogen-bond acceptors (Lipinski definition) is 4. The van der Waals surface area contributed by atoms with Crippen molar-refractivity contribution in [1.29, 1.82) is 0 Å². The first-order valence-corrected chi connectivity index (χ1v) is 9.52. The van der Waals surface area contributed by atoms with E-state index in [2.05, 4.69) is 36.0 Å². The summed E-state index contributed by atoms with van der Waals surface area (Å²) in [4.78, 5) is 25.9. The van der Waals surface area contributed by atoms with Crippen molar-refractivity contribution in [1.82, 2.24) is 9.80 Å². The molecule has 0 unspecified atom stereocenters. The third-order valence-corrected chi connectivity index (χ3v) is 5.19. The van der Waals surface area contributed by atoms with Gasteiger partial charge in [0.1, 0.15) is 0 Å². The summed E-state index contributed by atoms with van der Waals surface area (Å²) < 4.78 is 37.7. The molecule has 162 valence electrons. The summed E-state index contributed by atoms with van der Waals surface area (Å²) in [6, 6.07) is 10.8. The van der Waals surface area contributed by atoms with Gasteiger partial charge in [0.25, 0.3) is 0 Å². The van der Waals surface area contributed by atoms with Crippen LogP contribution in [0.25, 0.3) is 0 Å². The molecule has 9 heteroatoms. The van der Waals surface area contributed by atoms with Gasteiger partial charge in [-0.1, -0.05) is 30.3 Å². The molecule has 2 aliphatic heterocycles. The Morgan fingerprint density at radius 3 is 2.41 bits per heavy atom. The number of ether oxygens (including phenoxy) is 1. The number of likely N-dealkylation sites (tertiary alicyclic amines) is 1. The zero-order valence-corrected chi connectivity index (χ0v) is 16.6. The fourth-order valence-electron chi connectivity index (χ4n) is 3.71. The molecule has 2 aliphatic rings. The summed E-state index contributed by atoms with van der Waals surface area (Å²) in [5.74, 6) is -2.48. The molecule has 1 N–H and O–H groups in total. The quantitative estimate of drug-likeness (QED) is 0.817. The third-order valence-electron chi connectivity index (χ3n) is 5.19. The maximum atomic E-state index is 12.7. The summed E-state index contributed by atoms with van der Waals surface area (Å²) in [5.41, 5.74) is 1.23. The van der Waals surface area contributed by atoms with Crippen LogP contribution in [0, 0.1) is 0 Å². The molecule has 0 spiro atoms. The lowest BCUT2D eigenvalue weighted by atomic mass is 10.0. The highest BCUT2D eigenvalue weighted by molar-refractivity contribution is 5.77. The van der Waals surface area contributed by atoms with Gasteiger partial charge in [0.2, 0.25) is 5.91 Å². The fraction of sp³-hybridized carbons (Fsp3) is 0.600. The van der Waals surface area contributed by atoms with E-state index < -0.39 is 12.1 Å². The number of fused-ring (bicyclic) bond motifs is 1. The second-order valence-corrected chi connectivity index (χ2v) is 7.41. The number of alkyl halides is 3. The van der Waals surface area contributed by atoms with Gasteiger partial charge in [-0.15, -0.1) is 0 Å². The molecule has 29 heavy (non-hydrogen) atoms. The Balaban J connectivity index is 0.000000370. The van der Waals surface area contributed by atoms with Crippen LogP contribution >= 0.6 is 0 Å². The Labute approximate surface area is 168 Å². The lowest BCUT2D eigenvalue weighted by molar-refractivity contribution is -0.192. The maximum absolute atomic E-state index is 12.7. The van der Waals surface area contributed by atoms with E-state index in [0.717, 1.165) is 32.4 Å². The molecular formula is C20H27F3N2O4. The second-order valence-electron chi connectivity index (χ2n) is 7.41. The maximum Gasteiger partial charge on any atom is 0.490 e. The van der Waals surface area contributed by atoms with E-state index in [0.29, 0.717) is 12.5 Å². The highest BCUT2D eigenvalue weighted by Crippen LogP contribution is 2.31. The Bertz CT molecular complexity index is 682. The third kappa shape index (κ3) is 6.43. The molecule has 0 aliphatic carbocycles. The van der Waals surface area contributed by atoms with Crippen LogP contribution in [-0.2, 0) is 20.7 Å². The summed E-state index contributed by atoms with van der Waals surface area (Å²) in [6.07, 6.45) is -1.35. The van der Waals surface area contributed by atoms with Gasteiger partial charge in [0, 0.05) is 19.6 Å². The van der Waals surface area contributed by atoms with Crippen LogP contribution in [0.3, 0.4) is 0 Å². The summed E-state index contributed by atoms with van der Waals surface area (Å²) in [7, 11) is 4.16. The topological polar surface area (TPSA) is 70.1 Å². The lowest BCUT2D eigenvalue weighted by Crippen LogP contribution is -2.45. The molecule has 0 radical (unpaired) electrons. The van der Waals surface area contributed by atoms with E-state index in [9.17, 15) is 18.0 Å². The van der Waals surface area contributed by atoms with Crippen LogP contribution in [0.15, 0.2) is 30.3 Å². The molecule has 2 saturated heterocycles. The molecule has 3 atom stereocenters. The number of carbonyl (C=O) groups is 2. The molecule has 1 aromatic rings. The SMILES string of the molecule is CN(C)[C@@H]1CN(C(=O)CCc2ccccc2)[C@@H]2CCCO[C@H]12.O=C(O)C(F)(F)F. The first kappa shape index (κ1) is 23.2. The summed E-state index contributed by atoms with van der Waals surface area (Å²) in [6.45, 7) is 1.63. The first-order chi connectivity index (χ1) is 13.6. The van der Waals surface area contributed by atoms with Crippen LogP contribution in [0.2, 0.25) is 0 Å². The zero-order valence-electron chi connectivity index (χ0n) is 16.6. The van der Waals surface area contributed by atoms with Crippen molar-refractivity contribution < 1.29 is 32.6 Å². The highest BCUT2D eigenvalue weighted by atomic mass is 19.4. The smallest absolute Gasteiger partial charge is 0.475 e. The molecule has 2 fully saturated rings. The lowest BCUT2D eigenvalue weighted by Gasteiger charge is -2.33. The van der Waals surface area contributed by atoms with Crippen molar-refractivity contribution in [2.75, 3.05) is 27.2 Å². The van der Waals surface area contributed by atoms with Crippen molar-refractivity contribution in [2.45, 2.75) is 50.0 Å². The van der Waals surface area contributed by atoms with Crippen molar-refractivity contribution in [2.24, 2.45) is 0 Å². The largest absolute Gasteiger partial charge is 0.490 e. The molecule has 1 amide bonds. The number of aliphatic carboxylic acids is 1. The number of benzene rings is 1. The van der Waals surface area contributed by atoms with Gasteiger partial charge in [-0.2, -0.15) is 13.2 Å². The number of halogens is 3. The normalized spacial score (nSPS) is 23.9. The van der Waals surface area contributed by atoms with Gasteiger partial charge >= 0.3 is 12.1 Å². The number of carbonyl (C=O) groups excluding carboxylic acids is 1. The number of hydrogen-bond donors (Lipinski definition) is 1. The standard InChI is InChI=1S/C18H26N2O2.C2HF3O2/c1-19(2)16-13-20(15-9-6-12-22-18(15)16)17(21)11-10-14-7-4-3-5-8-14;3-2(4,5)1(6)7/h3-5,7-8,15-16,18H,6,9-13H2,1-2H3;(H,6,7)/t15-,16-,18+;/m1./s1. The van der Waals surface area contributed by atoms with Crippen LogP contribution in [0.4, 0.5) is 13.2 Å². The van der Waals surface area contributed by atoms with E-state index >= 15 is 0 Å². The minimum atomic E-state index is -5.08. The Hall–Kier alpha value is -2.13. The molecule has 0 bridgehead atoms. The van der Waals surface area contributed by atoms with Gasteiger partial charge in [-0.25, -0.2) is 4.79 Å².